The third kappa shape index (κ3) is 7.37. The Bertz CT molecular complexity index is 1470. The Morgan fingerprint density at radius 2 is 1.85 bits per heavy atom. The van der Waals surface area contributed by atoms with E-state index >= 15 is 0 Å². The van der Waals surface area contributed by atoms with Gasteiger partial charge in [-0.3, -0.25) is 19.4 Å². The first-order valence-corrected chi connectivity index (χ1v) is 17.6. The molecule has 1 aliphatic carbocycles. The molecule has 5 rings (SSSR count). The second-order valence-electron chi connectivity index (χ2n) is 13.1. The van der Waals surface area contributed by atoms with Gasteiger partial charge in [-0.05, 0) is 96.9 Å². The van der Waals surface area contributed by atoms with Gasteiger partial charge in [0.25, 0.3) is 0 Å². The minimum atomic E-state index is -0.823. The predicted molar refractivity (Wildman–Crippen MR) is 187 cm³/mol. The number of aliphatic hydroxyl groups is 2. The van der Waals surface area contributed by atoms with Gasteiger partial charge in [-0.1, -0.05) is 60.9 Å². The second-order valence-corrected chi connectivity index (χ2v) is 14.2. The Morgan fingerprint density at radius 1 is 1.13 bits per heavy atom. The van der Waals surface area contributed by atoms with Gasteiger partial charge in [0.2, 0.25) is 11.8 Å². The fraction of sp³-hybridized carbons (Fsp3) is 0.514. The fourth-order valence-electron chi connectivity index (χ4n) is 7.77. The van der Waals surface area contributed by atoms with Crippen LogP contribution < -0.4 is 4.74 Å². The summed E-state index contributed by atoms with van der Waals surface area (Å²) in [6, 6.07) is 13.9. The molecule has 46 heavy (non-hydrogen) atoms. The highest BCUT2D eigenvalue weighted by Crippen LogP contribution is 2.48. The Hall–Kier alpha value is -2.73. The maximum atomic E-state index is 14.0. The van der Waals surface area contributed by atoms with Crippen molar-refractivity contribution in [1.29, 1.82) is 0 Å². The summed E-state index contributed by atoms with van der Waals surface area (Å²) in [5.41, 5.74) is 4.99. The van der Waals surface area contributed by atoms with Gasteiger partial charge < -0.3 is 20.1 Å². The van der Waals surface area contributed by atoms with Crippen molar-refractivity contribution < 1.29 is 29.6 Å². The number of hydrogen-bond acceptors (Lipinski definition) is 7. The number of carbonyl (C=O) groups is 2. The number of ether oxygens (including phenoxy) is 1. The monoisotopic (exact) mass is 742 g/mol. The van der Waals surface area contributed by atoms with Gasteiger partial charge in [-0.2, -0.15) is 0 Å². The van der Waals surface area contributed by atoms with E-state index in [4.69, 9.17) is 4.74 Å². The summed E-state index contributed by atoms with van der Waals surface area (Å²) in [4.78, 5) is 31.8. The van der Waals surface area contributed by atoms with E-state index in [1.54, 1.807) is 6.07 Å². The summed E-state index contributed by atoms with van der Waals surface area (Å²) < 4.78 is 5.99. The number of methoxy groups -OCH3 is 1. The maximum Gasteiger partial charge on any atom is 0.234 e. The zero-order chi connectivity index (χ0) is 33.0. The number of amides is 2. The Morgan fingerprint density at radius 3 is 2.50 bits per heavy atom. The number of fused-ring (bicyclic) bond motifs is 1. The van der Waals surface area contributed by atoms with Gasteiger partial charge in [-0.15, -0.1) is 0 Å². The van der Waals surface area contributed by atoms with Crippen molar-refractivity contribution >= 4 is 40.5 Å². The smallest absolute Gasteiger partial charge is 0.234 e. The van der Waals surface area contributed by atoms with Crippen LogP contribution in [0.1, 0.15) is 69.9 Å². The third-order valence-electron chi connectivity index (χ3n) is 9.99. The minimum absolute atomic E-state index is 0.102. The van der Waals surface area contributed by atoms with E-state index in [1.165, 1.54) is 17.6 Å². The van der Waals surface area contributed by atoms with E-state index in [0.29, 0.717) is 28.6 Å². The van der Waals surface area contributed by atoms with E-state index in [2.05, 4.69) is 46.5 Å². The summed E-state index contributed by atoms with van der Waals surface area (Å²) in [5.74, 6) is -1.43. The number of imide groups is 1. The number of piperidine rings is 1. The molecular formula is C37H47IN2O6. The third-order valence-corrected chi connectivity index (χ3v) is 10.8. The zero-order valence-electron chi connectivity index (χ0n) is 27.1. The van der Waals surface area contributed by atoms with Crippen LogP contribution in [0.15, 0.2) is 59.2 Å². The molecule has 2 fully saturated rings. The summed E-state index contributed by atoms with van der Waals surface area (Å²) in [6.45, 7) is 6.31. The number of carbonyl (C=O) groups excluding carboxylic acids is 2. The number of benzene rings is 2. The summed E-state index contributed by atoms with van der Waals surface area (Å²) >= 11 is 2.07. The van der Waals surface area contributed by atoms with Crippen molar-refractivity contribution in [3.63, 3.8) is 0 Å². The molecule has 9 heteroatoms. The highest BCUT2D eigenvalue weighted by atomic mass is 127. The molecule has 248 valence electrons. The summed E-state index contributed by atoms with van der Waals surface area (Å²) in [6.07, 6.45) is 5.78. The van der Waals surface area contributed by atoms with Crippen LogP contribution in [0.5, 0.6) is 11.5 Å². The second kappa shape index (κ2) is 15.4. The quantitative estimate of drug-likeness (QED) is 0.141. The normalized spacial score (nSPS) is 23.7. The van der Waals surface area contributed by atoms with Gasteiger partial charge in [0.15, 0.2) is 11.5 Å². The van der Waals surface area contributed by atoms with Gasteiger partial charge in [0, 0.05) is 31.6 Å². The topological polar surface area (TPSA) is 111 Å². The predicted octanol–water partition coefficient (Wildman–Crippen LogP) is 5.92. The molecule has 0 aromatic heterocycles. The van der Waals surface area contributed by atoms with Crippen LogP contribution in [-0.4, -0.2) is 75.9 Å². The number of phenols is 1. The van der Waals surface area contributed by atoms with Gasteiger partial charge in [-0.25, -0.2) is 0 Å². The van der Waals surface area contributed by atoms with Crippen LogP contribution in [0.2, 0.25) is 0 Å². The van der Waals surface area contributed by atoms with Crippen molar-refractivity contribution in [2.75, 3.05) is 26.8 Å². The largest absolute Gasteiger partial charge is 0.504 e. The minimum Gasteiger partial charge on any atom is -0.504 e. The van der Waals surface area contributed by atoms with Gasteiger partial charge in [0.1, 0.15) is 0 Å². The van der Waals surface area contributed by atoms with E-state index in [-0.39, 0.29) is 30.2 Å². The molecule has 3 N–H and O–H groups in total. The van der Waals surface area contributed by atoms with E-state index in [9.17, 15) is 24.9 Å². The SMILES string of the molecule is CCCC1=C([C@H](O)CC/C(C)=C/c2cc(I)c(O)c(OC)c2)[C@H](CO)[C@@H]2C(=O)N(C3CCN(Cc4ccccc4)CC3)C(=O)[C@@H]2C1. The van der Waals surface area contributed by atoms with Crippen molar-refractivity contribution in [1.82, 2.24) is 9.80 Å². The molecule has 0 unspecified atom stereocenters. The summed E-state index contributed by atoms with van der Waals surface area (Å²) in [7, 11) is 1.52. The number of hydrogen-bond donors (Lipinski definition) is 3. The molecule has 0 bridgehead atoms. The number of allylic oxidation sites excluding steroid dienone is 2. The average Bonchev–Trinajstić information content (AvgIpc) is 3.30. The van der Waals surface area contributed by atoms with Gasteiger partial charge in [0.05, 0.1) is 35.2 Å². The fourth-order valence-corrected chi connectivity index (χ4v) is 8.39. The molecule has 0 saturated carbocycles. The van der Waals surface area contributed by atoms with E-state index in [0.717, 1.165) is 67.6 Å². The van der Waals surface area contributed by atoms with E-state index < -0.39 is 23.9 Å². The molecule has 2 aliphatic heterocycles. The summed E-state index contributed by atoms with van der Waals surface area (Å²) in [5, 5.41) is 32.5. The first-order chi connectivity index (χ1) is 22.2. The van der Waals surface area contributed by atoms with Crippen molar-refractivity contribution in [3.8, 4) is 11.5 Å². The number of rotatable bonds is 12. The van der Waals surface area contributed by atoms with Crippen LogP contribution in [-0.2, 0) is 16.1 Å². The first kappa shape index (κ1) is 34.6. The Labute approximate surface area is 286 Å². The van der Waals surface area contributed by atoms with Crippen LogP contribution in [0, 0.1) is 21.3 Å². The van der Waals surface area contributed by atoms with Crippen LogP contribution >= 0.6 is 22.6 Å². The van der Waals surface area contributed by atoms with Crippen molar-refractivity contribution in [2.45, 2.75) is 77.5 Å². The molecule has 2 aromatic rings. The maximum absolute atomic E-state index is 14.0. The molecule has 8 nitrogen and oxygen atoms in total. The molecule has 0 spiro atoms. The standard InChI is InChI=1S/C37H47IN2O6/c1-4-8-26-20-28-34(37(45)40(36(28)44)27-13-15-39(16-14-27)21-24-9-6-5-7-10-24)29(22-41)33(26)31(42)12-11-23(2)17-25-18-30(38)35(43)32(19-25)46-3/h5-7,9-10,17-19,27-29,31,34,41-43H,4,8,11-16,20-22H2,1-3H3/b23-17+/t28-,29+,31-,34-/m1/s1. The average molecular weight is 743 g/mol. The van der Waals surface area contributed by atoms with Crippen molar-refractivity contribution in [3.05, 3.63) is 73.9 Å². The number of phenolic OH excluding ortho intramolecular Hbond substituents is 1. The van der Waals surface area contributed by atoms with Crippen molar-refractivity contribution in [2.24, 2.45) is 17.8 Å². The van der Waals surface area contributed by atoms with E-state index in [1.807, 2.05) is 37.3 Å². The first-order valence-electron chi connectivity index (χ1n) is 16.5. The number of halogens is 1. The van der Waals surface area contributed by atoms with Crippen LogP contribution in [0.3, 0.4) is 0 Å². The zero-order valence-corrected chi connectivity index (χ0v) is 29.3. The number of likely N-dealkylation sites (tertiary alicyclic amines) is 2. The molecule has 3 aliphatic rings. The van der Waals surface area contributed by atoms with Gasteiger partial charge >= 0.3 is 0 Å². The lowest BCUT2D eigenvalue weighted by Gasteiger charge is -2.37. The lowest BCUT2D eigenvalue weighted by atomic mass is 9.67. The molecule has 2 saturated heterocycles. The molecule has 0 radical (unpaired) electrons. The molecule has 2 amide bonds. The van der Waals surface area contributed by atoms with Crippen LogP contribution in [0.25, 0.3) is 6.08 Å². The lowest BCUT2D eigenvalue weighted by Crippen LogP contribution is -2.47. The van der Waals surface area contributed by atoms with Crippen LogP contribution in [0.4, 0.5) is 0 Å². The highest BCUT2D eigenvalue weighted by molar-refractivity contribution is 14.1. The number of nitrogens with zero attached hydrogens (tertiary/aromatic N) is 2. The Kier molecular flexibility index (Phi) is 11.6. The number of aromatic hydroxyl groups is 1. The molecular weight excluding hydrogens is 695 g/mol. The number of aliphatic hydroxyl groups excluding tert-OH is 2. The highest BCUT2D eigenvalue weighted by Gasteiger charge is 2.56. The lowest BCUT2D eigenvalue weighted by molar-refractivity contribution is -0.144. The Balaban J connectivity index is 1.28. The molecule has 2 heterocycles. The molecule has 2 aromatic carbocycles. The molecule has 4 atom stereocenters.